The first-order valence-corrected chi connectivity index (χ1v) is 34.0. The summed E-state index contributed by atoms with van der Waals surface area (Å²) in [6.07, 6.45) is 0. The van der Waals surface area contributed by atoms with Gasteiger partial charge in [-0.25, -0.2) is 0 Å². The molecular weight excluding hydrogens is 1210 g/mol. The Balaban J connectivity index is 0.000000150. The Morgan fingerprint density at radius 1 is 0.140 bits per heavy atom. The standard InChI is InChI=1S/2C48H33NO/c1-3-11-34(12-4-1)36-19-26-40(27-20-36)49(41-28-21-37(22-29-41)35-13-5-2-6-14-35)42-30-23-38(24-31-42)43-15-7-8-16-44(43)39-25-32-46-45-17-9-10-18-47(45)50-48(46)33-39;1-3-9-34(10-4-1)37-19-26-42(27-20-37)49(43-28-21-38(22-29-43)35-11-5-2-6-12-35)44-30-23-39(24-31-44)36-15-17-40(18-16-36)41-25-32-46-45-13-7-8-14-47(45)50-48(46)33-41/h2*1-33H. The highest BCUT2D eigenvalue weighted by atomic mass is 16.3. The van der Waals surface area contributed by atoms with Gasteiger partial charge in [-0.2, -0.15) is 0 Å². The Morgan fingerprint density at radius 2 is 0.350 bits per heavy atom. The monoisotopic (exact) mass is 1280 g/mol. The van der Waals surface area contributed by atoms with Crippen LogP contribution in [-0.4, -0.2) is 0 Å². The molecule has 0 amide bonds. The van der Waals surface area contributed by atoms with Crippen molar-refractivity contribution in [3.63, 3.8) is 0 Å². The molecule has 4 nitrogen and oxygen atoms in total. The minimum absolute atomic E-state index is 0.904. The zero-order valence-electron chi connectivity index (χ0n) is 54.8. The summed E-state index contributed by atoms with van der Waals surface area (Å²) >= 11 is 0. The van der Waals surface area contributed by atoms with Crippen LogP contribution >= 0.6 is 0 Å². The molecule has 0 saturated carbocycles. The predicted molar refractivity (Wildman–Crippen MR) is 420 cm³/mol. The zero-order chi connectivity index (χ0) is 66.6. The number of fused-ring (bicyclic) bond motifs is 6. The van der Waals surface area contributed by atoms with Crippen LogP contribution in [0.15, 0.2) is 409 Å². The van der Waals surface area contributed by atoms with Gasteiger partial charge in [0.25, 0.3) is 0 Å². The molecule has 0 fully saturated rings. The second-order valence-electron chi connectivity index (χ2n) is 25.2. The normalized spacial score (nSPS) is 11.2. The number of rotatable bonds is 14. The molecular formula is C96H66N2O2. The summed E-state index contributed by atoms with van der Waals surface area (Å²) in [5, 5.41) is 4.58. The lowest BCUT2D eigenvalue weighted by molar-refractivity contribution is 0.668. The second kappa shape index (κ2) is 27.1. The highest BCUT2D eigenvalue weighted by Crippen LogP contribution is 2.43. The summed E-state index contributed by atoms with van der Waals surface area (Å²) in [6.45, 7) is 0. The summed E-state index contributed by atoms with van der Waals surface area (Å²) in [4.78, 5) is 4.65. The van der Waals surface area contributed by atoms with Crippen LogP contribution in [0.25, 0.3) is 133 Å². The number of para-hydroxylation sites is 2. The molecule has 2 aromatic heterocycles. The highest BCUT2D eigenvalue weighted by molar-refractivity contribution is 6.07. The van der Waals surface area contributed by atoms with Crippen LogP contribution in [0.2, 0.25) is 0 Å². The van der Waals surface area contributed by atoms with E-state index in [2.05, 4.69) is 386 Å². The SMILES string of the molecule is c1ccc(-c2ccc(N(c3ccc(-c4ccccc4)cc3)c3ccc(-c4ccc(-c5ccc6c(c5)oc5ccccc56)cc4)cc3)cc2)cc1.c1ccc(-c2ccc(N(c3ccc(-c4ccccc4)cc3)c3ccc(-c4ccccc4-c4ccc5c(c4)oc4ccccc45)cc3)cc2)cc1. The highest BCUT2D eigenvalue weighted by Gasteiger charge is 2.19. The first-order chi connectivity index (χ1) is 49.5. The van der Waals surface area contributed by atoms with Gasteiger partial charge in [0.1, 0.15) is 22.3 Å². The molecule has 0 atom stereocenters. The predicted octanol–water partition coefficient (Wildman–Crippen LogP) is 27.4. The van der Waals surface area contributed by atoms with Gasteiger partial charge in [-0.1, -0.05) is 291 Å². The number of benzene rings is 16. The number of hydrogen-bond donors (Lipinski definition) is 0. The topological polar surface area (TPSA) is 32.8 Å². The van der Waals surface area contributed by atoms with Crippen molar-refractivity contribution in [3.8, 4) is 89.0 Å². The van der Waals surface area contributed by atoms with E-state index in [-0.39, 0.29) is 0 Å². The molecule has 4 heteroatoms. The average molecular weight is 1280 g/mol. The van der Waals surface area contributed by atoms with E-state index >= 15 is 0 Å². The lowest BCUT2D eigenvalue weighted by Gasteiger charge is -2.26. The first kappa shape index (κ1) is 60.4. The van der Waals surface area contributed by atoms with Crippen LogP contribution in [0.5, 0.6) is 0 Å². The molecule has 0 bridgehead atoms. The quantitative estimate of drug-likeness (QED) is 0.109. The van der Waals surface area contributed by atoms with Gasteiger partial charge in [0.05, 0.1) is 0 Å². The molecule has 18 aromatic rings. The number of nitrogens with zero attached hydrogens (tertiary/aromatic N) is 2. The summed E-state index contributed by atoms with van der Waals surface area (Å²) in [5.74, 6) is 0. The fraction of sp³-hybridized carbons (Fsp3) is 0. The van der Waals surface area contributed by atoms with Crippen LogP contribution in [-0.2, 0) is 0 Å². The van der Waals surface area contributed by atoms with E-state index in [0.717, 1.165) is 100 Å². The molecule has 0 N–H and O–H groups in total. The van der Waals surface area contributed by atoms with E-state index in [4.69, 9.17) is 8.83 Å². The maximum absolute atomic E-state index is 6.25. The number of anilines is 6. The van der Waals surface area contributed by atoms with E-state index in [1.807, 2.05) is 24.3 Å². The Morgan fingerprint density at radius 3 is 0.680 bits per heavy atom. The van der Waals surface area contributed by atoms with Crippen molar-refractivity contribution in [3.05, 3.63) is 400 Å². The van der Waals surface area contributed by atoms with Gasteiger partial charge in [-0.05, 0) is 198 Å². The van der Waals surface area contributed by atoms with Crippen molar-refractivity contribution >= 4 is 78.0 Å². The van der Waals surface area contributed by atoms with Gasteiger partial charge in [-0.3, -0.25) is 0 Å². The van der Waals surface area contributed by atoms with E-state index in [1.165, 1.54) is 66.8 Å². The molecule has 100 heavy (non-hydrogen) atoms. The summed E-state index contributed by atoms with van der Waals surface area (Å²) in [5.41, 5.74) is 29.2. The van der Waals surface area contributed by atoms with Crippen molar-refractivity contribution in [2.45, 2.75) is 0 Å². The molecule has 18 rings (SSSR count). The minimum Gasteiger partial charge on any atom is -0.456 e. The van der Waals surface area contributed by atoms with Crippen molar-refractivity contribution < 1.29 is 8.83 Å². The van der Waals surface area contributed by atoms with E-state index in [9.17, 15) is 0 Å². The van der Waals surface area contributed by atoms with Crippen molar-refractivity contribution in [2.24, 2.45) is 0 Å². The maximum atomic E-state index is 6.25. The molecule has 472 valence electrons. The van der Waals surface area contributed by atoms with Crippen molar-refractivity contribution in [1.29, 1.82) is 0 Å². The fourth-order valence-corrected chi connectivity index (χ4v) is 13.9. The van der Waals surface area contributed by atoms with Gasteiger partial charge in [0.2, 0.25) is 0 Å². The van der Waals surface area contributed by atoms with Gasteiger partial charge in [0.15, 0.2) is 0 Å². The van der Waals surface area contributed by atoms with Crippen LogP contribution in [0, 0.1) is 0 Å². The summed E-state index contributed by atoms with van der Waals surface area (Å²) in [7, 11) is 0. The van der Waals surface area contributed by atoms with Gasteiger partial charge >= 0.3 is 0 Å². The number of furan rings is 2. The Bertz CT molecular complexity index is 5650. The van der Waals surface area contributed by atoms with Gasteiger partial charge in [-0.15, -0.1) is 0 Å². The summed E-state index contributed by atoms with van der Waals surface area (Å²) < 4.78 is 12.4. The third-order valence-electron chi connectivity index (χ3n) is 19.0. The smallest absolute Gasteiger partial charge is 0.136 e. The molecule has 0 aliphatic rings. The number of hydrogen-bond acceptors (Lipinski definition) is 4. The lowest BCUT2D eigenvalue weighted by Crippen LogP contribution is -2.09. The Labute approximate surface area is 582 Å². The van der Waals surface area contributed by atoms with Crippen LogP contribution in [0.1, 0.15) is 0 Å². The van der Waals surface area contributed by atoms with E-state index in [0.29, 0.717) is 0 Å². The van der Waals surface area contributed by atoms with Crippen molar-refractivity contribution in [2.75, 3.05) is 9.80 Å². The molecule has 0 saturated heterocycles. The van der Waals surface area contributed by atoms with Crippen molar-refractivity contribution in [1.82, 2.24) is 0 Å². The first-order valence-electron chi connectivity index (χ1n) is 34.0. The minimum atomic E-state index is 0.904. The Hall–Kier alpha value is -13.3. The molecule has 0 radical (unpaired) electrons. The second-order valence-corrected chi connectivity index (χ2v) is 25.2. The van der Waals surface area contributed by atoms with Crippen LogP contribution < -0.4 is 9.80 Å². The fourth-order valence-electron chi connectivity index (χ4n) is 13.9. The van der Waals surface area contributed by atoms with Gasteiger partial charge < -0.3 is 18.6 Å². The van der Waals surface area contributed by atoms with Gasteiger partial charge in [0, 0.05) is 55.7 Å². The van der Waals surface area contributed by atoms with Crippen LogP contribution in [0.3, 0.4) is 0 Å². The molecule has 0 aliphatic heterocycles. The molecule has 16 aromatic carbocycles. The lowest BCUT2D eigenvalue weighted by atomic mass is 9.94. The molecule has 0 unspecified atom stereocenters. The van der Waals surface area contributed by atoms with E-state index < -0.39 is 0 Å². The zero-order valence-corrected chi connectivity index (χ0v) is 54.8. The largest absolute Gasteiger partial charge is 0.456 e. The molecule has 0 spiro atoms. The molecule has 0 aliphatic carbocycles. The summed E-state index contributed by atoms with van der Waals surface area (Å²) in [6, 6.07) is 142. The Kier molecular flexibility index (Phi) is 16.4. The van der Waals surface area contributed by atoms with Crippen LogP contribution in [0.4, 0.5) is 34.1 Å². The maximum Gasteiger partial charge on any atom is 0.136 e. The average Bonchev–Trinajstić information content (AvgIpc) is 1.54. The third-order valence-corrected chi connectivity index (χ3v) is 19.0. The van der Waals surface area contributed by atoms with E-state index in [1.54, 1.807) is 0 Å². The third kappa shape index (κ3) is 12.3. The molecule has 2 heterocycles.